The lowest BCUT2D eigenvalue weighted by Gasteiger charge is -2.22. The molecule has 1 aromatic heterocycles. The third kappa shape index (κ3) is 4.18. The highest BCUT2D eigenvalue weighted by atomic mass is 16.2. The molecule has 1 aliphatic rings. The third-order valence-corrected chi connectivity index (χ3v) is 3.36. The second-order valence-electron chi connectivity index (χ2n) is 5.27. The minimum Gasteiger partial charge on any atom is -0.370 e. The number of pyridine rings is 1. The minimum atomic E-state index is -0.438. The second kappa shape index (κ2) is 7.06. The molecule has 0 radical (unpaired) electrons. The molecule has 0 bridgehead atoms. The number of aryl methyl sites for hydroxylation is 1. The predicted molar refractivity (Wildman–Crippen MR) is 81.3 cm³/mol. The summed E-state index contributed by atoms with van der Waals surface area (Å²) in [4.78, 5) is 28.3. The Morgan fingerprint density at radius 2 is 2.29 bits per heavy atom. The number of nitrogens with zero attached hydrogens (tertiary/aromatic N) is 1. The smallest absolute Gasteiger partial charge is 0.252 e. The summed E-state index contributed by atoms with van der Waals surface area (Å²) in [7, 11) is 0. The van der Waals surface area contributed by atoms with Gasteiger partial charge < -0.3 is 16.0 Å². The third-order valence-electron chi connectivity index (χ3n) is 3.36. The van der Waals surface area contributed by atoms with Crippen molar-refractivity contribution in [3.8, 4) is 0 Å². The fourth-order valence-electron chi connectivity index (χ4n) is 2.29. The topological polar surface area (TPSA) is 83.1 Å². The van der Waals surface area contributed by atoms with E-state index in [1.54, 1.807) is 12.1 Å². The summed E-state index contributed by atoms with van der Waals surface area (Å²) < 4.78 is 0. The molecule has 0 saturated carbocycles. The Kier molecular flexibility index (Phi) is 5.14. The van der Waals surface area contributed by atoms with Gasteiger partial charge in [0.15, 0.2) is 0 Å². The first-order chi connectivity index (χ1) is 10.1. The van der Waals surface area contributed by atoms with Crippen molar-refractivity contribution >= 4 is 17.6 Å². The highest BCUT2D eigenvalue weighted by molar-refractivity contribution is 5.98. The van der Waals surface area contributed by atoms with E-state index in [9.17, 15) is 9.59 Å². The SMILES string of the molecule is CCCNc1cc(C(=O)NC2CCCNC2=O)cc(C)n1. The first-order valence-electron chi connectivity index (χ1n) is 7.41. The van der Waals surface area contributed by atoms with Gasteiger partial charge in [-0.15, -0.1) is 0 Å². The first-order valence-corrected chi connectivity index (χ1v) is 7.41. The van der Waals surface area contributed by atoms with Gasteiger partial charge in [-0.25, -0.2) is 4.98 Å². The van der Waals surface area contributed by atoms with Gasteiger partial charge in [0.1, 0.15) is 11.9 Å². The number of nitrogens with one attached hydrogen (secondary N) is 3. The largest absolute Gasteiger partial charge is 0.370 e. The molecule has 21 heavy (non-hydrogen) atoms. The number of carbonyl (C=O) groups is 2. The van der Waals surface area contributed by atoms with Crippen molar-refractivity contribution in [1.29, 1.82) is 0 Å². The molecule has 1 unspecified atom stereocenters. The summed E-state index contributed by atoms with van der Waals surface area (Å²) in [5.41, 5.74) is 1.30. The molecule has 1 fully saturated rings. The van der Waals surface area contributed by atoms with Gasteiger partial charge in [0.25, 0.3) is 5.91 Å². The Balaban J connectivity index is 2.07. The van der Waals surface area contributed by atoms with E-state index < -0.39 is 6.04 Å². The van der Waals surface area contributed by atoms with Crippen molar-refractivity contribution in [2.24, 2.45) is 0 Å². The molecule has 1 atom stereocenters. The number of anilines is 1. The number of hydrogen-bond donors (Lipinski definition) is 3. The van der Waals surface area contributed by atoms with E-state index in [1.807, 2.05) is 6.92 Å². The number of hydrogen-bond acceptors (Lipinski definition) is 4. The van der Waals surface area contributed by atoms with Crippen LogP contribution in [0.15, 0.2) is 12.1 Å². The van der Waals surface area contributed by atoms with Gasteiger partial charge in [-0.05, 0) is 38.3 Å². The normalized spacial score (nSPS) is 18.0. The molecular weight excluding hydrogens is 268 g/mol. The maximum atomic E-state index is 12.3. The monoisotopic (exact) mass is 290 g/mol. The number of piperidine rings is 1. The van der Waals surface area contributed by atoms with Gasteiger partial charge in [-0.2, -0.15) is 0 Å². The van der Waals surface area contributed by atoms with Gasteiger partial charge in [-0.1, -0.05) is 6.92 Å². The summed E-state index contributed by atoms with van der Waals surface area (Å²) in [6.45, 7) is 5.41. The van der Waals surface area contributed by atoms with Gasteiger partial charge >= 0.3 is 0 Å². The van der Waals surface area contributed by atoms with E-state index in [4.69, 9.17) is 0 Å². The van der Waals surface area contributed by atoms with Crippen LogP contribution in [0.2, 0.25) is 0 Å². The molecule has 2 rings (SSSR count). The molecule has 1 aromatic rings. The Hall–Kier alpha value is -2.11. The minimum absolute atomic E-state index is 0.107. The van der Waals surface area contributed by atoms with E-state index in [1.165, 1.54) is 0 Å². The molecule has 0 aromatic carbocycles. The van der Waals surface area contributed by atoms with E-state index in [0.29, 0.717) is 24.3 Å². The van der Waals surface area contributed by atoms with E-state index in [2.05, 4.69) is 27.9 Å². The van der Waals surface area contributed by atoms with Crippen molar-refractivity contribution in [3.05, 3.63) is 23.4 Å². The van der Waals surface area contributed by atoms with Gasteiger partial charge in [-0.3, -0.25) is 9.59 Å². The molecule has 1 saturated heterocycles. The van der Waals surface area contributed by atoms with E-state index in [-0.39, 0.29) is 11.8 Å². The van der Waals surface area contributed by atoms with Gasteiger partial charge in [0, 0.05) is 24.3 Å². The van der Waals surface area contributed by atoms with Crippen molar-refractivity contribution < 1.29 is 9.59 Å². The summed E-state index contributed by atoms with van der Waals surface area (Å²) in [5, 5.41) is 8.72. The predicted octanol–water partition coefficient (Wildman–Crippen LogP) is 1.22. The van der Waals surface area contributed by atoms with E-state index >= 15 is 0 Å². The number of aromatic nitrogens is 1. The van der Waals surface area contributed by atoms with Crippen LogP contribution in [-0.2, 0) is 4.79 Å². The van der Waals surface area contributed by atoms with Crippen molar-refractivity contribution in [2.45, 2.75) is 39.2 Å². The fraction of sp³-hybridized carbons (Fsp3) is 0.533. The average Bonchev–Trinajstić information content (AvgIpc) is 2.47. The van der Waals surface area contributed by atoms with Crippen LogP contribution in [0.5, 0.6) is 0 Å². The Bertz CT molecular complexity index is 530. The highest BCUT2D eigenvalue weighted by Gasteiger charge is 2.24. The Morgan fingerprint density at radius 1 is 1.48 bits per heavy atom. The van der Waals surface area contributed by atoms with Gasteiger partial charge in [0.2, 0.25) is 5.91 Å². The molecule has 114 valence electrons. The molecule has 2 amide bonds. The molecule has 1 aliphatic heterocycles. The molecule has 6 heteroatoms. The summed E-state index contributed by atoms with van der Waals surface area (Å²) in [6, 6.07) is 3.01. The summed E-state index contributed by atoms with van der Waals surface area (Å²) in [5.74, 6) is 0.349. The van der Waals surface area contributed by atoms with Crippen molar-refractivity contribution in [2.75, 3.05) is 18.4 Å². The van der Waals surface area contributed by atoms with Crippen molar-refractivity contribution in [1.82, 2.24) is 15.6 Å². The Morgan fingerprint density at radius 3 is 3.00 bits per heavy atom. The van der Waals surface area contributed by atoms with Crippen LogP contribution in [0.3, 0.4) is 0 Å². The molecular formula is C15H22N4O2. The molecule has 0 aliphatic carbocycles. The van der Waals surface area contributed by atoms with Gasteiger partial charge in [0.05, 0.1) is 0 Å². The highest BCUT2D eigenvalue weighted by Crippen LogP contribution is 2.12. The lowest BCUT2D eigenvalue weighted by molar-refractivity contribution is -0.124. The van der Waals surface area contributed by atoms with Crippen LogP contribution in [0.4, 0.5) is 5.82 Å². The number of carbonyl (C=O) groups excluding carboxylic acids is 2. The molecule has 3 N–H and O–H groups in total. The summed E-state index contributed by atoms with van der Waals surface area (Å²) >= 11 is 0. The maximum Gasteiger partial charge on any atom is 0.252 e. The zero-order valence-electron chi connectivity index (χ0n) is 12.5. The van der Waals surface area contributed by atoms with Crippen LogP contribution in [0.25, 0.3) is 0 Å². The van der Waals surface area contributed by atoms with Crippen molar-refractivity contribution in [3.63, 3.8) is 0 Å². The van der Waals surface area contributed by atoms with Crippen LogP contribution < -0.4 is 16.0 Å². The fourth-order valence-corrected chi connectivity index (χ4v) is 2.29. The summed E-state index contributed by atoms with van der Waals surface area (Å²) in [6.07, 6.45) is 2.55. The standard InChI is InChI=1S/C15H22N4O2/c1-3-6-16-13-9-11(8-10(2)18-13)14(20)19-12-5-4-7-17-15(12)21/h8-9,12H,3-7H2,1-2H3,(H,16,18)(H,17,21)(H,19,20). The van der Waals surface area contributed by atoms with Crippen LogP contribution in [0, 0.1) is 6.92 Å². The number of amides is 2. The molecule has 6 nitrogen and oxygen atoms in total. The quantitative estimate of drug-likeness (QED) is 0.761. The number of rotatable bonds is 5. The van der Waals surface area contributed by atoms with Crippen LogP contribution in [-0.4, -0.2) is 35.9 Å². The second-order valence-corrected chi connectivity index (χ2v) is 5.27. The lowest BCUT2D eigenvalue weighted by atomic mass is 10.1. The zero-order valence-corrected chi connectivity index (χ0v) is 12.5. The van der Waals surface area contributed by atoms with E-state index in [0.717, 1.165) is 25.1 Å². The van der Waals surface area contributed by atoms with Crippen LogP contribution >= 0.6 is 0 Å². The Labute approximate surface area is 124 Å². The maximum absolute atomic E-state index is 12.3. The lowest BCUT2D eigenvalue weighted by Crippen LogP contribution is -2.50. The first kappa shape index (κ1) is 15.3. The zero-order chi connectivity index (χ0) is 15.2. The molecule has 2 heterocycles. The van der Waals surface area contributed by atoms with Crippen LogP contribution in [0.1, 0.15) is 42.2 Å². The molecule has 0 spiro atoms. The average molecular weight is 290 g/mol.